The lowest BCUT2D eigenvalue weighted by atomic mass is 9.81. The van der Waals surface area contributed by atoms with Crippen LogP contribution in [-0.2, 0) is 9.59 Å². The highest BCUT2D eigenvalue weighted by molar-refractivity contribution is 5.84. The SMILES string of the molecule is CC(C(=O)N1CCCC(C)(C(=O)O)C1)c1ccccc1. The Bertz CT molecular complexity index is 500. The minimum absolute atomic E-state index is 0.0170. The molecule has 0 radical (unpaired) electrons. The summed E-state index contributed by atoms with van der Waals surface area (Å²) in [5.41, 5.74) is 0.157. The predicted octanol–water partition coefficient (Wildman–Crippen LogP) is 2.50. The highest BCUT2D eigenvalue weighted by Gasteiger charge is 2.40. The number of aliphatic carboxylic acids is 1. The molecule has 0 aromatic heterocycles. The average molecular weight is 275 g/mol. The minimum Gasteiger partial charge on any atom is -0.481 e. The van der Waals surface area contributed by atoms with Crippen LogP contribution in [0.4, 0.5) is 0 Å². The van der Waals surface area contributed by atoms with Crippen molar-refractivity contribution in [2.45, 2.75) is 32.6 Å². The third kappa shape index (κ3) is 2.84. The first-order valence-corrected chi connectivity index (χ1v) is 7.01. The third-order valence-corrected chi connectivity index (χ3v) is 4.19. The van der Waals surface area contributed by atoms with Crippen molar-refractivity contribution >= 4 is 11.9 Å². The second kappa shape index (κ2) is 5.65. The highest BCUT2D eigenvalue weighted by Crippen LogP contribution is 2.31. The van der Waals surface area contributed by atoms with Crippen molar-refractivity contribution in [2.24, 2.45) is 5.41 Å². The summed E-state index contributed by atoms with van der Waals surface area (Å²) in [4.78, 5) is 25.6. The topological polar surface area (TPSA) is 57.6 Å². The number of carboxylic acid groups (broad SMARTS) is 1. The number of nitrogens with zero attached hydrogens (tertiary/aromatic N) is 1. The maximum atomic E-state index is 12.5. The number of carbonyl (C=O) groups excluding carboxylic acids is 1. The number of hydrogen-bond acceptors (Lipinski definition) is 2. The zero-order valence-corrected chi connectivity index (χ0v) is 12.0. The summed E-state index contributed by atoms with van der Waals surface area (Å²) in [6, 6.07) is 9.61. The number of amides is 1. The molecule has 1 aliphatic rings. The van der Waals surface area contributed by atoms with E-state index in [-0.39, 0.29) is 11.8 Å². The summed E-state index contributed by atoms with van der Waals surface area (Å²) >= 11 is 0. The highest BCUT2D eigenvalue weighted by atomic mass is 16.4. The first-order valence-electron chi connectivity index (χ1n) is 7.01. The molecule has 1 N–H and O–H groups in total. The van der Waals surface area contributed by atoms with E-state index in [1.807, 2.05) is 37.3 Å². The monoisotopic (exact) mass is 275 g/mol. The van der Waals surface area contributed by atoms with Crippen molar-refractivity contribution in [3.63, 3.8) is 0 Å². The van der Waals surface area contributed by atoms with E-state index in [0.29, 0.717) is 19.5 Å². The quantitative estimate of drug-likeness (QED) is 0.922. The van der Waals surface area contributed by atoms with Gasteiger partial charge in [0.15, 0.2) is 0 Å². The van der Waals surface area contributed by atoms with Crippen molar-refractivity contribution in [3.05, 3.63) is 35.9 Å². The molecule has 1 amide bonds. The van der Waals surface area contributed by atoms with Crippen LogP contribution in [0.25, 0.3) is 0 Å². The molecule has 2 atom stereocenters. The molecule has 2 rings (SSSR count). The maximum Gasteiger partial charge on any atom is 0.311 e. The first-order chi connectivity index (χ1) is 9.44. The number of carbonyl (C=O) groups is 2. The largest absolute Gasteiger partial charge is 0.481 e. The predicted molar refractivity (Wildman–Crippen MR) is 76.4 cm³/mol. The molecular formula is C16H21NO3. The molecule has 2 unspecified atom stereocenters. The van der Waals surface area contributed by atoms with Gasteiger partial charge in [-0.2, -0.15) is 0 Å². The number of likely N-dealkylation sites (tertiary alicyclic amines) is 1. The van der Waals surface area contributed by atoms with Crippen LogP contribution in [0.15, 0.2) is 30.3 Å². The van der Waals surface area contributed by atoms with Crippen LogP contribution in [0.1, 0.15) is 38.2 Å². The molecule has 108 valence electrons. The van der Waals surface area contributed by atoms with Gasteiger partial charge in [-0.3, -0.25) is 9.59 Å². The van der Waals surface area contributed by atoms with E-state index in [0.717, 1.165) is 12.0 Å². The van der Waals surface area contributed by atoms with Gasteiger partial charge < -0.3 is 10.0 Å². The number of rotatable bonds is 3. The standard InChI is InChI=1S/C16H21NO3/c1-12(13-7-4-3-5-8-13)14(18)17-10-6-9-16(2,11-17)15(19)20/h3-5,7-8,12H,6,9-11H2,1-2H3,(H,19,20). The summed E-state index contributed by atoms with van der Waals surface area (Å²) < 4.78 is 0. The summed E-state index contributed by atoms with van der Waals surface area (Å²) in [7, 11) is 0. The fraction of sp³-hybridized carbons (Fsp3) is 0.500. The van der Waals surface area contributed by atoms with Gasteiger partial charge in [-0.1, -0.05) is 30.3 Å². The van der Waals surface area contributed by atoms with Crippen LogP contribution < -0.4 is 0 Å². The van der Waals surface area contributed by atoms with Crippen LogP contribution >= 0.6 is 0 Å². The molecule has 1 fully saturated rings. The number of benzene rings is 1. The number of piperidine rings is 1. The van der Waals surface area contributed by atoms with E-state index in [1.165, 1.54) is 0 Å². The summed E-state index contributed by atoms with van der Waals surface area (Å²) in [5, 5.41) is 9.31. The second-order valence-corrected chi connectivity index (χ2v) is 5.86. The lowest BCUT2D eigenvalue weighted by molar-refractivity contribution is -0.153. The second-order valence-electron chi connectivity index (χ2n) is 5.86. The molecule has 4 nitrogen and oxygen atoms in total. The van der Waals surface area contributed by atoms with Gasteiger partial charge in [0.25, 0.3) is 0 Å². The van der Waals surface area contributed by atoms with Crippen LogP contribution in [0, 0.1) is 5.41 Å². The summed E-state index contributed by atoms with van der Waals surface area (Å²) in [5.74, 6) is -1.03. The fourth-order valence-electron chi connectivity index (χ4n) is 2.76. The lowest BCUT2D eigenvalue weighted by Gasteiger charge is -2.38. The van der Waals surface area contributed by atoms with Gasteiger partial charge in [0, 0.05) is 13.1 Å². The van der Waals surface area contributed by atoms with Gasteiger partial charge in [0.05, 0.1) is 11.3 Å². The van der Waals surface area contributed by atoms with E-state index >= 15 is 0 Å². The van der Waals surface area contributed by atoms with Crippen molar-refractivity contribution < 1.29 is 14.7 Å². The van der Waals surface area contributed by atoms with E-state index in [1.54, 1.807) is 11.8 Å². The molecule has 0 aliphatic carbocycles. The van der Waals surface area contributed by atoms with Gasteiger partial charge >= 0.3 is 5.97 Å². The van der Waals surface area contributed by atoms with Crippen LogP contribution in [0.3, 0.4) is 0 Å². The van der Waals surface area contributed by atoms with Crippen LogP contribution in [-0.4, -0.2) is 35.0 Å². The molecule has 20 heavy (non-hydrogen) atoms. The summed E-state index contributed by atoms with van der Waals surface area (Å²) in [6.45, 7) is 4.56. The number of hydrogen-bond donors (Lipinski definition) is 1. The Morgan fingerprint density at radius 1 is 1.30 bits per heavy atom. The van der Waals surface area contributed by atoms with Crippen LogP contribution in [0.2, 0.25) is 0 Å². The first kappa shape index (κ1) is 14.6. The van der Waals surface area contributed by atoms with Gasteiger partial charge in [-0.25, -0.2) is 0 Å². The summed E-state index contributed by atoms with van der Waals surface area (Å²) in [6.07, 6.45) is 1.38. The zero-order valence-electron chi connectivity index (χ0n) is 12.0. The molecule has 1 heterocycles. The molecule has 0 bridgehead atoms. The zero-order chi connectivity index (χ0) is 14.8. The Morgan fingerprint density at radius 3 is 2.55 bits per heavy atom. The smallest absolute Gasteiger partial charge is 0.311 e. The Hall–Kier alpha value is -1.84. The molecule has 1 saturated heterocycles. The van der Waals surface area contributed by atoms with Crippen molar-refractivity contribution in [1.82, 2.24) is 4.90 Å². The van der Waals surface area contributed by atoms with Crippen molar-refractivity contribution in [3.8, 4) is 0 Å². The van der Waals surface area contributed by atoms with Gasteiger partial charge in [0.1, 0.15) is 0 Å². The van der Waals surface area contributed by atoms with E-state index in [4.69, 9.17) is 0 Å². The average Bonchev–Trinajstić information content (AvgIpc) is 2.46. The van der Waals surface area contributed by atoms with Crippen molar-refractivity contribution in [2.75, 3.05) is 13.1 Å². The maximum absolute atomic E-state index is 12.5. The number of carboxylic acids is 1. The molecule has 0 spiro atoms. The molecule has 0 saturated carbocycles. The molecule has 1 aromatic rings. The molecule has 4 heteroatoms. The Labute approximate surface area is 119 Å². The Balaban J connectivity index is 2.11. The van der Waals surface area contributed by atoms with Crippen molar-refractivity contribution in [1.29, 1.82) is 0 Å². The van der Waals surface area contributed by atoms with Gasteiger partial charge in [-0.05, 0) is 32.3 Å². The third-order valence-electron chi connectivity index (χ3n) is 4.19. The Kier molecular flexibility index (Phi) is 4.12. The van der Waals surface area contributed by atoms with E-state index in [2.05, 4.69) is 0 Å². The van der Waals surface area contributed by atoms with E-state index < -0.39 is 11.4 Å². The fourth-order valence-corrected chi connectivity index (χ4v) is 2.76. The molecule has 1 aliphatic heterocycles. The van der Waals surface area contributed by atoms with E-state index in [9.17, 15) is 14.7 Å². The van der Waals surface area contributed by atoms with Gasteiger partial charge in [0.2, 0.25) is 5.91 Å². The lowest BCUT2D eigenvalue weighted by Crippen LogP contribution is -2.49. The van der Waals surface area contributed by atoms with Crippen LogP contribution in [0.5, 0.6) is 0 Å². The molecule has 1 aromatic carbocycles. The molecular weight excluding hydrogens is 254 g/mol. The normalized spacial score (nSPS) is 24.2. The Morgan fingerprint density at radius 2 is 1.95 bits per heavy atom. The van der Waals surface area contributed by atoms with Gasteiger partial charge in [-0.15, -0.1) is 0 Å². The minimum atomic E-state index is -0.817.